The number of carbonyl (C=O) groups is 2. The van der Waals surface area contributed by atoms with Crippen molar-refractivity contribution in [1.82, 2.24) is 10.2 Å². The van der Waals surface area contributed by atoms with Gasteiger partial charge in [-0.3, -0.25) is 4.79 Å². The smallest absolute Gasteiger partial charge is 0.404 e. The quantitative estimate of drug-likeness (QED) is 0.597. The van der Waals surface area contributed by atoms with E-state index in [1.54, 1.807) is 4.90 Å². The molecule has 2 aromatic rings. The zero-order chi connectivity index (χ0) is 23.3. The number of amides is 2. The van der Waals surface area contributed by atoms with Crippen LogP contribution >= 0.6 is 0 Å². The molecule has 0 aromatic heterocycles. The van der Waals surface area contributed by atoms with Gasteiger partial charge in [0.25, 0.3) is 0 Å². The Bertz CT molecular complexity index is 928. The van der Waals surface area contributed by atoms with Gasteiger partial charge in [-0.15, -0.1) is 0 Å². The number of ether oxygens (including phenoxy) is 1. The number of hydrogen-bond acceptors (Lipinski definition) is 4. The summed E-state index contributed by atoms with van der Waals surface area (Å²) >= 11 is 0. The lowest BCUT2D eigenvalue weighted by molar-refractivity contribution is -0.143. The van der Waals surface area contributed by atoms with Gasteiger partial charge in [0.2, 0.25) is 5.91 Å². The molecule has 2 amide bonds. The summed E-state index contributed by atoms with van der Waals surface area (Å²) in [7, 11) is 0. The van der Waals surface area contributed by atoms with Crippen molar-refractivity contribution in [2.75, 3.05) is 13.1 Å². The average molecular weight is 453 g/mol. The van der Waals surface area contributed by atoms with Gasteiger partial charge in [-0.2, -0.15) is 0 Å². The van der Waals surface area contributed by atoms with Crippen LogP contribution in [0.3, 0.4) is 0 Å². The van der Waals surface area contributed by atoms with Gasteiger partial charge in [-0.1, -0.05) is 60.7 Å². The molecule has 0 radical (unpaired) electrons. The Kier molecular flexibility index (Phi) is 7.30. The first-order valence-corrected chi connectivity index (χ1v) is 11.7. The molecule has 1 aliphatic carbocycles. The predicted octanol–water partition coefficient (Wildman–Crippen LogP) is 3.53. The summed E-state index contributed by atoms with van der Waals surface area (Å²) in [6.45, 7) is 1.34. The standard InChI is InChI=1S/C26H32N2O5/c29-24(28-16-13-21(17-28)27-25(30)31)23(20-9-5-2-6-10-20)26(32)14-11-22(12-15-26)33-18-19-7-3-1-4-8-19/h1-10,21-23,27,32H,11-18H2,(H,30,31)/t21-,22?,23?,26?/m1/s1. The zero-order valence-electron chi connectivity index (χ0n) is 18.7. The van der Waals surface area contributed by atoms with Crippen molar-refractivity contribution in [2.45, 2.75) is 62.4 Å². The number of likely N-dealkylation sites (tertiary alicyclic amines) is 1. The van der Waals surface area contributed by atoms with Crippen molar-refractivity contribution in [3.63, 3.8) is 0 Å². The lowest BCUT2D eigenvalue weighted by Gasteiger charge is -2.42. The molecule has 2 fully saturated rings. The maximum atomic E-state index is 13.6. The molecule has 1 saturated carbocycles. The highest BCUT2D eigenvalue weighted by Gasteiger charge is 2.47. The lowest BCUT2D eigenvalue weighted by Crippen LogP contribution is -2.49. The van der Waals surface area contributed by atoms with E-state index in [0.29, 0.717) is 51.8 Å². The van der Waals surface area contributed by atoms with E-state index < -0.39 is 17.6 Å². The number of nitrogens with one attached hydrogen (secondary N) is 1. The first-order chi connectivity index (χ1) is 15.9. The molecule has 7 heteroatoms. The van der Waals surface area contributed by atoms with Crippen molar-refractivity contribution >= 4 is 12.0 Å². The second kappa shape index (κ2) is 10.4. The fourth-order valence-corrected chi connectivity index (χ4v) is 5.10. The number of aliphatic hydroxyl groups is 1. The van der Waals surface area contributed by atoms with Gasteiger partial charge in [-0.25, -0.2) is 4.79 Å². The van der Waals surface area contributed by atoms with Crippen LogP contribution in [0.25, 0.3) is 0 Å². The van der Waals surface area contributed by atoms with E-state index in [1.807, 2.05) is 60.7 Å². The second-order valence-corrected chi connectivity index (χ2v) is 9.16. The Morgan fingerprint density at radius 3 is 2.30 bits per heavy atom. The van der Waals surface area contributed by atoms with E-state index in [1.165, 1.54) is 0 Å². The van der Waals surface area contributed by atoms with Crippen LogP contribution in [-0.2, 0) is 16.1 Å². The molecular formula is C26H32N2O5. The third kappa shape index (κ3) is 5.72. The van der Waals surface area contributed by atoms with Crippen LogP contribution < -0.4 is 5.32 Å². The number of hydrogen-bond donors (Lipinski definition) is 3. The molecule has 1 saturated heterocycles. The Balaban J connectivity index is 1.44. The number of carbonyl (C=O) groups excluding carboxylic acids is 1. The van der Waals surface area contributed by atoms with Crippen LogP contribution in [0.15, 0.2) is 60.7 Å². The minimum Gasteiger partial charge on any atom is -0.465 e. The van der Waals surface area contributed by atoms with E-state index >= 15 is 0 Å². The molecular weight excluding hydrogens is 420 g/mol. The van der Waals surface area contributed by atoms with Crippen molar-refractivity contribution < 1.29 is 24.5 Å². The summed E-state index contributed by atoms with van der Waals surface area (Å²) in [5, 5.41) is 23.2. The fourth-order valence-electron chi connectivity index (χ4n) is 5.10. The summed E-state index contributed by atoms with van der Waals surface area (Å²) in [4.78, 5) is 26.3. The largest absolute Gasteiger partial charge is 0.465 e. The summed E-state index contributed by atoms with van der Waals surface area (Å²) in [5.74, 6) is -0.820. The van der Waals surface area contributed by atoms with Gasteiger partial charge in [-0.05, 0) is 43.2 Å². The van der Waals surface area contributed by atoms with Crippen molar-refractivity contribution in [2.24, 2.45) is 0 Å². The summed E-state index contributed by atoms with van der Waals surface area (Å²) in [6, 6.07) is 19.2. The Labute approximate surface area is 194 Å². The van der Waals surface area contributed by atoms with Gasteiger partial charge in [0, 0.05) is 13.1 Å². The highest BCUT2D eigenvalue weighted by molar-refractivity contribution is 5.85. The molecule has 176 valence electrons. The minimum atomic E-state index is -1.16. The normalized spacial score (nSPS) is 26.0. The van der Waals surface area contributed by atoms with Crippen LogP contribution in [0.4, 0.5) is 4.79 Å². The first kappa shape index (κ1) is 23.3. The molecule has 1 aliphatic heterocycles. The van der Waals surface area contributed by atoms with E-state index in [-0.39, 0.29) is 18.1 Å². The summed E-state index contributed by atoms with van der Waals surface area (Å²) in [5.41, 5.74) is 0.751. The van der Waals surface area contributed by atoms with E-state index in [9.17, 15) is 14.7 Å². The molecule has 1 unspecified atom stereocenters. The summed E-state index contributed by atoms with van der Waals surface area (Å²) in [6.07, 6.45) is 1.86. The SMILES string of the molecule is O=C(O)N[C@@H]1CCN(C(=O)C(c2ccccc2)C2(O)CCC(OCc3ccccc3)CC2)C1. The van der Waals surface area contributed by atoms with Gasteiger partial charge in [0.15, 0.2) is 0 Å². The molecule has 3 N–H and O–H groups in total. The highest BCUT2D eigenvalue weighted by Crippen LogP contribution is 2.42. The highest BCUT2D eigenvalue weighted by atomic mass is 16.5. The Morgan fingerprint density at radius 2 is 1.67 bits per heavy atom. The summed E-state index contributed by atoms with van der Waals surface area (Å²) < 4.78 is 6.09. The first-order valence-electron chi connectivity index (χ1n) is 11.7. The van der Waals surface area contributed by atoms with Crippen LogP contribution in [-0.4, -0.2) is 57.9 Å². The third-order valence-electron chi connectivity index (χ3n) is 6.87. The second-order valence-electron chi connectivity index (χ2n) is 9.16. The van der Waals surface area contributed by atoms with Crippen LogP contribution in [0.2, 0.25) is 0 Å². The van der Waals surface area contributed by atoms with Gasteiger partial charge < -0.3 is 25.2 Å². The monoisotopic (exact) mass is 452 g/mol. The third-order valence-corrected chi connectivity index (χ3v) is 6.87. The van der Waals surface area contributed by atoms with E-state index in [4.69, 9.17) is 9.84 Å². The molecule has 0 spiro atoms. The Hall–Kier alpha value is -2.90. The molecule has 2 aromatic carbocycles. The topological polar surface area (TPSA) is 99.1 Å². The molecule has 4 rings (SSSR count). The molecule has 7 nitrogen and oxygen atoms in total. The molecule has 1 heterocycles. The number of rotatable bonds is 7. The molecule has 33 heavy (non-hydrogen) atoms. The average Bonchev–Trinajstić information content (AvgIpc) is 3.28. The van der Waals surface area contributed by atoms with Crippen molar-refractivity contribution in [3.8, 4) is 0 Å². The lowest BCUT2D eigenvalue weighted by atomic mass is 9.71. The molecule has 2 aliphatic rings. The maximum absolute atomic E-state index is 13.6. The molecule has 2 atom stereocenters. The van der Waals surface area contributed by atoms with Gasteiger partial charge >= 0.3 is 6.09 Å². The van der Waals surface area contributed by atoms with Crippen LogP contribution in [0, 0.1) is 0 Å². The van der Waals surface area contributed by atoms with E-state index in [2.05, 4.69) is 5.32 Å². The zero-order valence-corrected chi connectivity index (χ0v) is 18.7. The molecule has 0 bridgehead atoms. The maximum Gasteiger partial charge on any atom is 0.404 e. The number of benzene rings is 2. The predicted molar refractivity (Wildman–Crippen MR) is 124 cm³/mol. The Morgan fingerprint density at radius 1 is 1.03 bits per heavy atom. The van der Waals surface area contributed by atoms with E-state index in [0.717, 1.165) is 11.1 Å². The van der Waals surface area contributed by atoms with Gasteiger partial charge in [0.05, 0.1) is 30.3 Å². The number of nitrogens with zero attached hydrogens (tertiary/aromatic N) is 1. The number of carboxylic acid groups (broad SMARTS) is 1. The van der Waals surface area contributed by atoms with Crippen LogP contribution in [0.5, 0.6) is 0 Å². The van der Waals surface area contributed by atoms with Crippen molar-refractivity contribution in [1.29, 1.82) is 0 Å². The van der Waals surface area contributed by atoms with Gasteiger partial charge in [0.1, 0.15) is 0 Å². The van der Waals surface area contributed by atoms with Crippen LogP contribution in [0.1, 0.15) is 49.1 Å². The minimum absolute atomic E-state index is 0.0490. The van der Waals surface area contributed by atoms with Crippen molar-refractivity contribution in [3.05, 3.63) is 71.8 Å². The fraction of sp³-hybridized carbons (Fsp3) is 0.462.